The van der Waals surface area contributed by atoms with Crippen molar-refractivity contribution in [3.05, 3.63) is 41.8 Å². The van der Waals surface area contributed by atoms with Crippen LogP contribution in [0.5, 0.6) is 0 Å². The molecule has 2 heterocycles. The Balaban J connectivity index is 1.96. The summed E-state index contributed by atoms with van der Waals surface area (Å²) in [5, 5.41) is 27.1. The molecule has 32 heavy (non-hydrogen) atoms. The van der Waals surface area contributed by atoms with E-state index in [1.807, 2.05) is 20.8 Å². The summed E-state index contributed by atoms with van der Waals surface area (Å²) >= 11 is 0. The van der Waals surface area contributed by atoms with Gasteiger partial charge < -0.3 is 21.1 Å². The van der Waals surface area contributed by atoms with E-state index in [4.69, 9.17) is 5.73 Å². The Morgan fingerprint density at radius 2 is 2.00 bits per heavy atom. The number of piperidine rings is 1. The van der Waals surface area contributed by atoms with Gasteiger partial charge in [0, 0.05) is 18.4 Å². The molecule has 9 nitrogen and oxygen atoms in total. The molecule has 2 aromatic rings. The Labute approximate surface area is 185 Å². The number of nitriles is 1. The number of rotatable bonds is 5. The molecule has 0 aliphatic carbocycles. The molecule has 1 fully saturated rings. The summed E-state index contributed by atoms with van der Waals surface area (Å²) in [5.41, 5.74) is 5.97. The maximum absolute atomic E-state index is 13.2. The molecule has 1 unspecified atom stereocenters. The summed E-state index contributed by atoms with van der Waals surface area (Å²) in [6.07, 6.45) is 1.28. The predicted molar refractivity (Wildman–Crippen MR) is 116 cm³/mol. The molecular formula is C22H27FN6O3. The van der Waals surface area contributed by atoms with Crippen molar-refractivity contribution in [2.24, 2.45) is 17.1 Å². The predicted octanol–water partition coefficient (Wildman–Crippen LogP) is 3.73. The first kappa shape index (κ1) is 23.1. The lowest BCUT2D eigenvalue weighted by Crippen LogP contribution is -2.52. The standard InChI is InChI=1S/C22H27FN6O3/c1-22(2,3)10-18-15(11-24)17(8-9-28(18)21(31)32)29-12-16(19(25)30)20(27-29)26-14-6-4-13(23)5-7-14/h4-7,12,15,17-18H,8-10H2,1-3H3,(H2,25,30)(H,26,27)(H,31,32)/t15-,17+,18?/m0/s1. The van der Waals surface area contributed by atoms with Gasteiger partial charge in [-0.25, -0.2) is 9.18 Å². The van der Waals surface area contributed by atoms with Gasteiger partial charge in [0.15, 0.2) is 5.82 Å². The number of nitrogens with zero attached hydrogens (tertiary/aromatic N) is 4. The van der Waals surface area contributed by atoms with Gasteiger partial charge in [0.2, 0.25) is 0 Å². The number of hydrogen-bond acceptors (Lipinski definition) is 5. The fourth-order valence-corrected chi connectivity index (χ4v) is 4.14. The number of halogens is 1. The fourth-order valence-electron chi connectivity index (χ4n) is 4.14. The molecular weight excluding hydrogens is 415 g/mol. The lowest BCUT2D eigenvalue weighted by molar-refractivity contribution is 0.0481. The average Bonchev–Trinajstić information content (AvgIpc) is 3.12. The second-order valence-electron chi connectivity index (χ2n) is 9.19. The molecule has 1 aromatic heterocycles. The molecule has 1 aromatic carbocycles. The van der Waals surface area contributed by atoms with Gasteiger partial charge >= 0.3 is 6.09 Å². The van der Waals surface area contributed by atoms with Crippen LogP contribution in [0.2, 0.25) is 0 Å². The molecule has 1 aliphatic rings. The number of nitrogens with one attached hydrogen (secondary N) is 1. The second kappa shape index (κ2) is 8.86. The monoisotopic (exact) mass is 442 g/mol. The van der Waals surface area contributed by atoms with Crippen molar-refractivity contribution in [3.63, 3.8) is 0 Å². The zero-order valence-electron chi connectivity index (χ0n) is 18.2. The van der Waals surface area contributed by atoms with Gasteiger partial charge in [0.1, 0.15) is 11.4 Å². The molecule has 3 rings (SSSR count). The van der Waals surface area contributed by atoms with Crippen molar-refractivity contribution in [1.82, 2.24) is 14.7 Å². The first-order chi connectivity index (χ1) is 15.0. The molecule has 3 atom stereocenters. The van der Waals surface area contributed by atoms with Crippen molar-refractivity contribution in [3.8, 4) is 6.07 Å². The number of primary amides is 1. The molecule has 0 spiro atoms. The lowest BCUT2D eigenvalue weighted by Gasteiger charge is -2.43. The minimum Gasteiger partial charge on any atom is -0.465 e. The molecule has 1 saturated heterocycles. The van der Waals surface area contributed by atoms with Gasteiger partial charge in [-0.05, 0) is 42.5 Å². The van der Waals surface area contributed by atoms with Crippen LogP contribution in [0.1, 0.15) is 50.0 Å². The van der Waals surface area contributed by atoms with Crippen molar-refractivity contribution < 1.29 is 19.1 Å². The summed E-state index contributed by atoms with van der Waals surface area (Å²) in [7, 11) is 0. The first-order valence-corrected chi connectivity index (χ1v) is 10.3. The number of likely N-dealkylation sites (tertiary alicyclic amines) is 1. The summed E-state index contributed by atoms with van der Waals surface area (Å²) in [6.45, 7) is 6.23. The van der Waals surface area contributed by atoms with Gasteiger partial charge in [-0.15, -0.1) is 0 Å². The quantitative estimate of drug-likeness (QED) is 0.645. The van der Waals surface area contributed by atoms with Crippen LogP contribution in [-0.4, -0.2) is 44.4 Å². The van der Waals surface area contributed by atoms with Crippen LogP contribution in [0.25, 0.3) is 0 Å². The molecule has 170 valence electrons. The van der Waals surface area contributed by atoms with Gasteiger partial charge in [-0.2, -0.15) is 10.4 Å². The van der Waals surface area contributed by atoms with Gasteiger partial charge in [0.25, 0.3) is 5.91 Å². The highest BCUT2D eigenvalue weighted by molar-refractivity contribution is 5.98. The molecule has 0 bridgehead atoms. The van der Waals surface area contributed by atoms with Crippen LogP contribution >= 0.6 is 0 Å². The molecule has 1 aliphatic heterocycles. The maximum Gasteiger partial charge on any atom is 0.407 e. The Morgan fingerprint density at radius 1 is 1.34 bits per heavy atom. The van der Waals surface area contributed by atoms with E-state index in [-0.39, 0.29) is 23.3 Å². The van der Waals surface area contributed by atoms with Crippen molar-refractivity contribution in [1.29, 1.82) is 5.26 Å². The zero-order valence-corrected chi connectivity index (χ0v) is 18.2. The first-order valence-electron chi connectivity index (χ1n) is 10.3. The molecule has 0 radical (unpaired) electrons. The maximum atomic E-state index is 13.2. The third-order valence-electron chi connectivity index (χ3n) is 5.56. The largest absolute Gasteiger partial charge is 0.465 e. The number of nitrogens with two attached hydrogens (primary N) is 1. The van der Waals surface area contributed by atoms with Gasteiger partial charge in [-0.3, -0.25) is 9.48 Å². The van der Waals surface area contributed by atoms with E-state index >= 15 is 0 Å². The van der Waals surface area contributed by atoms with E-state index in [0.29, 0.717) is 18.5 Å². The summed E-state index contributed by atoms with van der Waals surface area (Å²) in [5.74, 6) is -1.58. The number of hydrogen-bond donors (Lipinski definition) is 3. The van der Waals surface area contributed by atoms with E-state index in [1.54, 1.807) is 0 Å². The van der Waals surface area contributed by atoms with Gasteiger partial charge in [0.05, 0.1) is 24.1 Å². The summed E-state index contributed by atoms with van der Waals surface area (Å²) in [6, 6.07) is 6.86. The molecule has 0 saturated carbocycles. The summed E-state index contributed by atoms with van der Waals surface area (Å²) < 4.78 is 14.7. The van der Waals surface area contributed by atoms with Crippen LogP contribution in [0.15, 0.2) is 30.5 Å². The van der Waals surface area contributed by atoms with Crippen LogP contribution in [0.3, 0.4) is 0 Å². The summed E-state index contributed by atoms with van der Waals surface area (Å²) in [4.78, 5) is 25.2. The lowest BCUT2D eigenvalue weighted by atomic mass is 9.77. The average molecular weight is 442 g/mol. The van der Waals surface area contributed by atoms with Crippen molar-refractivity contribution >= 4 is 23.5 Å². The third kappa shape index (κ3) is 4.99. The normalized spacial score (nSPS) is 21.1. The van der Waals surface area contributed by atoms with Crippen LogP contribution in [0, 0.1) is 28.5 Å². The van der Waals surface area contributed by atoms with E-state index in [0.717, 1.165) is 0 Å². The number of carbonyl (C=O) groups is 2. The smallest absolute Gasteiger partial charge is 0.407 e. The van der Waals surface area contributed by atoms with Crippen LogP contribution in [0.4, 0.5) is 20.7 Å². The Morgan fingerprint density at radius 3 is 2.53 bits per heavy atom. The minimum atomic E-state index is -1.06. The fraction of sp³-hybridized carbons (Fsp3) is 0.455. The van der Waals surface area contributed by atoms with Crippen molar-refractivity contribution in [2.45, 2.75) is 45.7 Å². The highest BCUT2D eigenvalue weighted by atomic mass is 19.1. The number of benzene rings is 1. The topological polar surface area (TPSA) is 137 Å². The van der Waals surface area contributed by atoms with Crippen molar-refractivity contribution in [2.75, 3.05) is 11.9 Å². The number of anilines is 2. The van der Waals surface area contributed by atoms with E-state index in [9.17, 15) is 24.3 Å². The molecule has 4 N–H and O–H groups in total. The van der Waals surface area contributed by atoms with Gasteiger partial charge in [-0.1, -0.05) is 20.8 Å². The molecule has 2 amide bonds. The number of aromatic nitrogens is 2. The Hall–Kier alpha value is -3.61. The third-order valence-corrected chi connectivity index (χ3v) is 5.56. The number of carboxylic acid groups (broad SMARTS) is 1. The molecule has 10 heteroatoms. The highest BCUT2D eigenvalue weighted by Crippen LogP contribution is 2.39. The minimum absolute atomic E-state index is 0.124. The van der Waals surface area contributed by atoms with E-state index in [1.165, 1.54) is 40.0 Å². The van der Waals surface area contributed by atoms with E-state index in [2.05, 4.69) is 16.5 Å². The Bertz CT molecular complexity index is 1040. The second-order valence-corrected chi connectivity index (χ2v) is 9.19. The zero-order chi connectivity index (χ0) is 23.6. The highest BCUT2D eigenvalue weighted by Gasteiger charge is 2.43. The SMILES string of the molecule is CC(C)(C)CC1[C@@H](C#N)[C@H](n2cc(C(N)=O)c(Nc3ccc(F)cc3)n2)CCN1C(=O)O. The van der Waals surface area contributed by atoms with E-state index < -0.39 is 35.8 Å². The van der Waals surface area contributed by atoms with Crippen LogP contribution in [-0.2, 0) is 0 Å². The number of amides is 2. The number of carbonyl (C=O) groups excluding carboxylic acids is 1. The Kier molecular flexibility index (Phi) is 6.39. The van der Waals surface area contributed by atoms with Crippen LogP contribution < -0.4 is 11.1 Å².